The lowest BCUT2D eigenvalue weighted by molar-refractivity contribution is -0.274. The van der Waals surface area contributed by atoms with Crippen molar-refractivity contribution >= 4 is 11.8 Å². The van der Waals surface area contributed by atoms with E-state index < -0.39 is 18.0 Å². The molecule has 0 spiro atoms. The van der Waals surface area contributed by atoms with Crippen LogP contribution in [0.25, 0.3) is 0 Å². The number of nitrogens with one attached hydrogen (secondary N) is 2. The summed E-state index contributed by atoms with van der Waals surface area (Å²) in [6.45, 7) is 1.93. The molecule has 29 heavy (non-hydrogen) atoms. The van der Waals surface area contributed by atoms with Gasteiger partial charge in [0.15, 0.2) is 0 Å². The zero-order valence-corrected chi connectivity index (χ0v) is 16.0. The van der Waals surface area contributed by atoms with E-state index in [2.05, 4.69) is 34.4 Å². The first-order chi connectivity index (χ1) is 13.7. The van der Waals surface area contributed by atoms with Gasteiger partial charge in [-0.25, -0.2) is 0 Å². The van der Waals surface area contributed by atoms with E-state index in [1.165, 1.54) is 23.3 Å². The highest BCUT2D eigenvalue weighted by Gasteiger charge is 2.31. The zero-order valence-electron chi connectivity index (χ0n) is 16.0. The first-order valence-corrected chi connectivity index (χ1v) is 9.55. The molecular formula is C21H23F3N2O3. The number of rotatable bonds is 5. The van der Waals surface area contributed by atoms with Crippen LogP contribution in [0, 0.1) is 5.92 Å². The number of alkyl halides is 3. The molecule has 0 heterocycles. The number of amides is 2. The number of allylic oxidation sites excluding steroid dienone is 3. The highest BCUT2D eigenvalue weighted by Crippen LogP contribution is 2.34. The maximum absolute atomic E-state index is 12.3. The molecule has 2 amide bonds. The monoisotopic (exact) mass is 408 g/mol. The average molecular weight is 408 g/mol. The van der Waals surface area contributed by atoms with Crippen LogP contribution in [0.3, 0.4) is 0 Å². The zero-order chi connectivity index (χ0) is 21.0. The summed E-state index contributed by atoms with van der Waals surface area (Å²) >= 11 is 0. The van der Waals surface area contributed by atoms with Gasteiger partial charge in [0.05, 0.1) is 12.6 Å². The van der Waals surface area contributed by atoms with Crippen LogP contribution in [0.4, 0.5) is 13.2 Å². The van der Waals surface area contributed by atoms with Gasteiger partial charge >= 0.3 is 6.36 Å². The lowest BCUT2D eigenvalue weighted by Gasteiger charge is -2.32. The Kier molecular flexibility index (Phi) is 6.30. The maximum Gasteiger partial charge on any atom is 0.573 e. The van der Waals surface area contributed by atoms with E-state index in [9.17, 15) is 22.8 Å². The molecule has 1 aromatic rings. The Morgan fingerprint density at radius 1 is 1.21 bits per heavy atom. The number of carbonyl (C=O) groups is 2. The molecule has 0 radical (unpaired) electrons. The normalized spacial score (nSPS) is 21.4. The molecule has 2 atom stereocenters. The standard InChI is InChI=1S/C21H23F3N2O3/c1-13-5-6-14-3-2-4-18(17(14)11-13)26-19(27)12-25-20(28)15-7-9-16(10-8-15)29-21(22,23)24/h5-10,13,18H,2-4,11-12H2,1H3,(H,25,28)(H,26,27). The summed E-state index contributed by atoms with van der Waals surface area (Å²) in [7, 11) is 0. The first kappa shape index (κ1) is 21.0. The molecule has 2 aliphatic carbocycles. The summed E-state index contributed by atoms with van der Waals surface area (Å²) < 4.78 is 40.3. The van der Waals surface area contributed by atoms with Gasteiger partial charge in [0.2, 0.25) is 5.91 Å². The largest absolute Gasteiger partial charge is 0.573 e. The van der Waals surface area contributed by atoms with Crippen LogP contribution in [-0.2, 0) is 4.79 Å². The minimum atomic E-state index is -4.79. The fourth-order valence-corrected chi connectivity index (χ4v) is 3.69. The molecule has 0 fully saturated rings. The van der Waals surface area contributed by atoms with E-state index in [0.717, 1.165) is 37.8 Å². The van der Waals surface area contributed by atoms with Crippen molar-refractivity contribution in [1.82, 2.24) is 10.6 Å². The molecule has 0 aliphatic heterocycles. The van der Waals surface area contributed by atoms with E-state index in [1.807, 2.05) is 0 Å². The van der Waals surface area contributed by atoms with Gasteiger partial charge < -0.3 is 15.4 Å². The molecular weight excluding hydrogens is 385 g/mol. The second-order valence-electron chi connectivity index (χ2n) is 7.36. The molecule has 5 nitrogen and oxygen atoms in total. The fraction of sp³-hybridized carbons (Fsp3) is 0.429. The Morgan fingerprint density at radius 2 is 1.93 bits per heavy atom. The first-order valence-electron chi connectivity index (χ1n) is 9.55. The smallest absolute Gasteiger partial charge is 0.406 e. The van der Waals surface area contributed by atoms with E-state index in [-0.39, 0.29) is 24.1 Å². The third kappa shape index (κ3) is 5.85. The van der Waals surface area contributed by atoms with Crippen LogP contribution >= 0.6 is 0 Å². The van der Waals surface area contributed by atoms with Crippen molar-refractivity contribution in [3.05, 3.63) is 53.1 Å². The molecule has 8 heteroatoms. The number of hydrogen-bond donors (Lipinski definition) is 2. The third-order valence-electron chi connectivity index (χ3n) is 5.03. The highest BCUT2D eigenvalue weighted by molar-refractivity contribution is 5.96. The van der Waals surface area contributed by atoms with Crippen LogP contribution in [0.1, 0.15) is 43.0 Å². The van der Waals surface area contributed by atoms with Crippen molar-refractivity contribution in [3.8, 4) is 5.75 Å². The number of hydrogen-bond acceptors (Lipinski definition) is 3. The number of halogens is 3. The Morgan fingerprint density at radius 3 is 2.62 bits per heavy atom. The molecule has 2 aliphatic rings. The molecule has 0 aromatic heterocycles. The summed E-state index contributed by atoms with van der Waals surface area (Å²) in [4.78, 5) is 24.4. The van der Waals surface area contributed by atoms with Gasteiger partial charge in [-0.15, -0.1) is 13.2 Å². The van der Waals surface area contributed by atoms with Crippen LogP contribution in [-0.4, -0.2) is 30.8 Å². The minimum absolute atomic E-state index is 0.0191. The summed E-state index contributed by atoms with van der Waals surface area (Å²) in [6, 6.07) is 4.51. The summed E-state index contributed by atoms with van der Waals surface area (Å²) in [5.74, 6) is -0.813. The number of benzene rings is 1. The molecule has 3 rings (SSSR count). The van der Waals surface area contributed by atoms with Gasteiger partial charge in [0.1, 0.15) is 5.75 Å². The summed E-state index contributed by atoms with van der Waals surface area (Å²) in [5.41, 5.74) is 2.71. The molecule has 0 bridgehead atoms. The Bertz CT molecular complexity index is 829. The molecule has 0 saturated heterocycles. The predicted molar refractivity (Wildman–Crippen MR) is 101 cm³/mol. The van der Waals surface area contributed by atoms with Crippen LogP contribution in [0.2, 0.25) is 0 Å². The van der Waals surface area contributed by atoms with Crippen molar-refractivity contribution in [2.24, 2.45) is 5.92 Å². The maximum atomic E-state index is 12.3. The van der Waals surface area contributed by atoms with Crippen molar-refractivity contribution in [2.75, 3.05) is 6.54 Å². The van der Waals surface area contributed by atoms with Gasteiger partial charge in [0.25, 0.3) is 5.91 Å². The molecule has 1 aromatic carbocycles. The highest BCUT2D eigenvalue weighted by atomic mass is 19.4. The average Bonchev–Trinajstić information content (AvgIpc) is 2.66. The van der Waals surface area contributed by atoms with Gasteiger partial charge in [-0.3, -0.25) is 9.59 Å². The van der Waals surface area contributed by atoms with Crippen molar-refractivity contribution < 1.29 is 27.5 Å². The lowest BCUT2D eigenvalue weighted by atomic mass is 9.79. The minimum Gasteiger partial charge on any atom is -0.406 e. The number of carbonyl (C=O) groups excluding carboxylic acids is 2. The van der Waals surface area contributed by atoms with Gasteiger partial charge in [-0.2, -0.15) is 0 Å². The molecule has 0 saturated carbocycles. The Balaban J connectivity index is 1.51. The quantitative estimate of drug-likeness (QED) is 0.777. The van der Waals surface area contributed by atoms with Gasteiger partial charge in [-0.1, -0.05) is 19.1 Å². The van der Waals surface area contributed by atoms with E-state index in [0.29, 0.717) is 5.92 Å². The Hall–Kier alpha value is -2.77. The van der Waals surface area contributed by atoms with Gasteiger partial charge in [-0.05, 0) is 67.0 Å². The van der Waals surface area contributed by atoms with E-state index in [4.69, 9.17) is 0 Å². The SMILES string of the molecule is CC1C=CC2=C(C1)C(NC(=O)CNC(=O)c1ccc(OC(F)(F)F)cc1)CCC2. The lowest BCUT2D eigenvalue weighted by Crippen LogP contribution is -2.44. The third-order valence-corrected chi connectivity index (χ3v) is 5.03. The number of ether oxygens (including phenoxy) is 1. The molecule has 2 unspecified atom stereocenters. The second-order valence-corrected chi connectivity index (χ2v) is 7.36. The summed E-state index contributed by atoms with van der Waals surface area (Å²) in [5, 5.41) is 5.48. The summed E-state index contributed by atoms with van der Waals surface area (Å²) in [6.07, 6.45) is 3.37. The van der Waals surface area contributed by atoms with Crippen LogP contribution in [0.15, 0.2) is 47.6 Å². The van der Waals surface area contributed by atoms with Crippen molar-refractivity contribution in [1.29, 1.82) is 0 Å². The topological polar surface area (TPSA) is 67.4 Å². The second kappa shape index (κ2) is 8.71. The van der Waals surface area contributed by atoms with Crippen LogP contribution < -0.4 is 15.4 Å². The Labute approximate surface area is 167 Å². The molecule has 2 N–H and O–H groups in total. The van der Waals surface area contributed by atoms with Gasteiger partial charge in [0, 0.05) is 5.56 Å². The molecule has 156 valence electrons. The van der Waals surface area contributed by atoms with Crippen molar-refractivity contribution in [2.45, 2.75) is 45.0 Å². The fourth-order valence-electron chi connectivity index (χ4n) is 3.69. The van der Waals surface area contributed by atoms with E-state index in [1.54, 1.807) is 0 Å². The van der Waals surface area contributed by atoms with E-state index >= 15 is 0 Å². The van der Waals surface area contributed by atoms with Crippen molar-refractivity contribution in [3.63, 3.8) is 0 Å². The van der Waals surface area contributed by atoms with Crippen LogP contribution in [0.5, 0.6) is 5.75 Å². The predicted octanol–water partition coefficient (Wildman–Crippen LogP) is 3.88.